The molecule has 2 aliphatic rings. The number of halogens is 3. The van der Waals surface area contributed by atoms with Gasteiger partial charge in [0.05, 0.1) is 5.92 Å². The highest BCUT2D eigenvalue weighted by Gasteiger charge is 2.42. The second-order valence-corrected chi connectivity index (χ2v) is 6.34. The summed E-state index contributed by atoms with van der Waals surface area (Å²) in [6.07, 6.45) is 4.83. The second-order valence-electron chi connectivity index (χ2n) is 6.34. The van der Waals surface area contributed by atoms with Crippen LogP contribution >= 0.6 is 0 Å². The van der Waals surface area contributed by atoms with Gasteiger partial charge < -0.3 is 0 Å². The molecule has 0 nitrogen and oxygen atoms in total. The summed E-state index contributed by atoms with van der Waals surface area (Å²) in [6, 6.07) is 0. The predicted molar refractivity (Wildman–Crippen MR) is 67.2 cm³/mol. The summed E-state index contributed by atoms with van der Waals surface area (Å²) in [4.78, 5) is 0. The minimum absolute atomic E-state index is 0.377. The Morgan fingerprint density at radius 1 is 0.778 bits per heavy atom. The summed E-state index contributed by atoms with van der Waals surface area (Å²) in [5.41, 5.74) is 0. The fourth-order valence-electron chi connectivity index (χ4n) is 3.99. The minimum atomic E-state index is -3.95. The zero-order chi connectivity index (χ0) is 13.2. The Labute approximate surface area is 108 Å². The molecule has 0 N–H and O–H groups in total. The molecule has 3 heteroatoms. The van der Waals surface area contributed by atoms with Crippen LogP contribution in [0.4, 0.5) is 13.2 Å². The lowest BCUT2D eigenvalue weighted by Gasteiger charge is -2.38. The molecule has 106 valence electrons. The summed E-state index contributed by atoms with van der Waals surface area (Å²) < 4.78 is 37.8. The maximum atomic E-state index is 12.6. The molecule has 0 aromatic rings. The van der Waals surface area contributed by atoms with Gasteiger partial charge in [-0.05, 0) is 56.3 Å². The van der Waals surface area contributed by atoms with Crippen LogP contribution in [0.3, 0.4) is 0 Å². The first-order valence-corrected chi connectivity index (χ1v) is 7.57. The lowest BCUT2D eigenvalue weighted by molar-refractivity contribution is -0.185. The van der Waals surface area contributed by atoms with Crippen molar-refractivity contribution < 1.29 is 13.2 Å². The third kappa shape index (κ3) is 3.42. The number of hydrogen-bond donors (Lipinski definition) is 0. The Kier molecular flexibility index (Phi) is 4.60. The molecule has 0 saturated heterocycles. The average Bonchev–Trinajstić information content (AvgIpc) is 2.38. The van der Waals surface area contributed by atoms with E-state index in [1.165, 1.54) is 32.1 Å². The first-order chi connectivity index (χ1) is 8.50. The highest BCUT2D eigenvalue weighted by atomic mass is 19.4. The normalized spacial score (nSPS) is 38.7. The van der Waals surface area contributed by atoms with Crippen LogP contribution in [0.2, 0.25) is 0 Å². The Morgan fingerprint density at radius 2 is 1.22 bits per heavy atom. The topological polar surface area (TPSA) is 0 Å². The van der Waals surface area contributed by atoms with Crippen molar-refractivity contribution in [1.29, 1.82) is 0 Å². The van der Waals surface area contributed by atoms with E-state index in [0.717, 1.165) is 24.7 Å². The number of alkyl halides is 3. The summed E-state index contributed by atoms with van der Waals surface area (Å²) >= 11 is 0. The quantitative estimate of drug-likeness (QED) is 0.610. The predicted octanol–water partition coefficient (Wildman–Crippen LogP) is 5.57. The van der Waals surface area contributed by atoms with Crippen molar-refractivity contribution in [2.24, 2.45) is 23.7 Å². The van der Waals surface area contributed by atoms with Gasteiger partial charge in [0, 0.05) is 0 Å². The molecule has 0 amide bonds. The third-order valence-corrected chi connectivity index (χ3v) is 5.37. The molecule has 2 rings (SSSR count). The number of hydrogen-bond acceptors (Lipinski definition) is 0. The molecule has 0 bridgehead atoms. The monoisotopic (exact) mass is 262 g/mol. The van der Waals surface area contributed by atoms with E-state index < -0.39 is 12.1 Å². The van der Waals surface area contributed by atoms with E-state index in [0.29, 0.717) is 18.8 Å². The van der Waals surface area contributed by atoms with Crippen LogP contribution in [0.15, 0.2) is 0 Å². The van der Waals surface area contributed by atoms with Crippen molar-refractivity contribution in [2.75, 3.05) is 0 Å². The van der Waals surface area contributed by atoms with Crippen molar-refractivity contribution in [1.82, 2.24) is 0 Å². The molecular formula is C15H25F3. The molecule has 0 heterocycles. The summed E-state index contributed by atoms with van der Waals surface area (Å²) in [6.45, 7) is 2.25. The Bertz CT molecular complexity index is 243. The Hall–Kier alpha value is -0.210. The standard InChI is InChI=1S/C15H25F3/c1-2-11-3-5-12(6-4-11)13-7-9-14(10-8-13)15(16,17)18/h11-14H,2-10H2,1H3. The van der Waals surface area contributed by atoms with E-state index in [2.05, 4.69) is 6.92 Å². The largest absolute Gasteiger partial charge is 0.391 e. The fourth-order valence-corrected chi connectivity index (χ4v) is 3.99. The van der Waals surface area contributed by atoms with Gasteiger partial charge in [0.1, 0.15) is 0 Å². The average molecular weight is 262 g/mol. The van der Waals surface area contributed by atoms with Crippen molar-refractivity contribution in [3.05, 3.63) is 0 Å². The van der Waals surface area contributed by atoms with Crippen LogP contribution < -0.4 is 0 Å². The Balaban J connectivity index is 1.77. The second kappa shape index (κ2) is 5.83. The zero-order valence-electron chi connectivity index (χ0n) is 11.3. The molecule has 0 spiro atoms. The van der Waals surface area contributed by atoms with E-state index in [-0.39, 0.29) is 0 Å². The summed E-state index contributed by atoms with van der Waals surface area (Å²) in [5.74, 6) is 1.18. The smallest absolute Gasteiger partial charge is 0.171 e. The summed E-state index contributed by atoms with van der Waals surface area (Å²) in [7, 11) is 0. The molecule has 0 radical (unpaired) electrons. The molecule has 0 unspecified atom stereocenters. The van der Waals surface area contributed by atoms with Crippen LogP contribution in [0.1, 0.15) is 64.7 Å². The SMILES string of the molecule is CCC1CCC(C2CCC(C(F)(F)F)CC2)CC1. The van der Waals surface area contributed by atoms with Crippen molar-refractivity contribution >= 4 is 0 Å². The molecule has 2 saturated carbocycles. The van der Waals surface area contributed by atoms with Gasteiger partial charge in [-0.25, -0.2) is 0 Å². The van der Waals surface area contributed by atoms with E-state index in [9.17, 15) is 13.2 Å². The molecule has 0 aliphatic heterocycles. The molecule has 0 aromatic carbocycles. The summed E-state index contributed by atoms with van der Waals surface area (Å²) in [5, 5.41) is 0. The van der Waals surface area contributed by atoms with Crippen molar-refractivity contribution in [2.45, 2.75) is 70.9 Å². The van der Waals surface area contributed by atoms with Gasteiger partial charge in [0.2, 0.25) is 0 Å². The molecule has 0 atom stereocenters. The molecule has 2 aliphatic carbocycles. The van der Waals surface area contributed by atoms with Crippen LogP contribution in [-0.4, -0.2) is 6.18 Å². The minimum Gasteiger partial charge on any atom is -0.171 e. The van der Waals surface area contributed by atoms with Crippen molar-refractivity contribution in [3.8, 4) is 0 Å². The van der Waals surface area contributed by atoms with Gasteiger partial charge in [-0.1, -0.05) is 26.2 Å². The van der Waals surface area contributed by atoms with Crippen molar-refractivity contribution in [3.63, 3.8) is 0 Å². The van der Waals surface area contributed by atoms with E-state index in [4.69, 9.17) is 0 Å². The Morgan fingerprint density at radius 3 is 1.61 bits per heavy atom. The first kappa shape index (κ1) is 14.2. The van der Waals surface area contributed by atoms with Gasteiger partial charge in [-0.15, -0.1) is 0 Å². The number of rotatable bonds is 2. The van der Waals surface area contributed by atoms with Gasteiger partial charge in [-0.3, -0.25) is 0 Å². The highest BCUT2D eigenvalue weighted by Crippen LogP contribution is 2.45. The lowest BCUT2D eigenvalue weighted by atomic mass is 9.69. The zero-order valence-corrected chi connectivity index (χ0v) is 11.3. The molecular weight excluding hydrogens is 237 g/mol. The van der Waals surface area contributed by atoms with E-state index in [1.807, 2.05) is 0 Å². The first-order valence-electron chi connectivity index (χ1n) is 7.57. The van der Waals surface area contributed by atoms with Gasteiger partial charge in [-0.2, -0.15) is 13.2 Å². The van der Waals surface area contributed by atoms with Gasteiger partial charge in [0.25, 0.3) is 0 Å². The van der Waals surface area contributed by atoms with Gasteiger partial charge >= 0.3 is 6.18 Å². The maximum Gasteiger partial charge on any atom is 0.391 e. The fraction of sp³-hybridized carbons (Fsp3) is 1.00. The van der Waals surface area contributed by atoms with Crippen LogP contribution in [0, 0.1) is 23.7 Å². The van der Waals surface area contributed by atoms with Crippen LogP contribution in [0.25, 0.3) is 0 Å². The van der Waals surface area contributed by atoms with E-state index >= 15 is 0 Å². The molecule has 2 fully saturated rings. The van der Waals surface area contributed by atoms with Crippen LogP contribution in [-0.2, 0) is 0 Å². The molecule has 18 heavy (non-hydrogen) atoms. The lowest BCUT2D eigenvalue weighted by Crippen LogP contribution is -2.31. The van der Waals surface area contributed by atoms with Crippen LogP contribution in [0.5, 0.6) is 0 Å². The third-order valence-electron chi connectivity index (χ3n) is 5.37. The highest BCUT2D eigenvalue weighted by molar-refractivity contribution is 4.83. The maximum absolute atomic E-state index is 12.6. The molecule has 0 aromatic heterocycles. The van der Waals surface area contributed by atoms with E-state index in [1.54, 1.807) is 0 Å². The van der Waals surface area contributed by atoms with Gasteiger partial charge in [0.15, 0.2) is 0 Å².